The van der Waals surface area contributed by atoms with Gasteiger partial charge in [0.05, 0.1) is 19.8 Å². The molecule has 0 radical (unpaired) electrons. The molecule has 21 heavy (non-hydrogen) atoms. The molecule has 0 saturated heterocycles. The van der Waals surface area contributed by atoms with Crippen molar-refractivity contribution in [2.24, 2.45) is 0 Å². The molecular formula is C15H13NO5. The number of rotatable bonds is 3. The van der Waals surface area contributed by atoms with Gasteiger partial charge in [0, 0.05) is 0 Å². The molecule has 0 saturated carbocycles. The molecule has 0 bridgehead atoms. The standard InChI is InChI=1S/C15H13NO5/c1-19-9-4-5-10-8(7-9)3-6-11(20-2)12(10)13-14(17)16-15(18)21-13/h3-7,17H,1-2H3,(H,16,18). The summed E-state index contributed by atoms with van der Waals surface area (Å²) in [5, 5.41) is 11.5. The van der Waals surface area contributed by atoms with Gasteiger partial charge in [0.25, 0.3) is 0 Å². The lowest BCUT2D eigenvalue weighted by molar-refractivity contribution is 0.412. The lowest BCUT2D eigenvalue weighted by atomic mass is 10.0. The van der Waals surface area contributed by atoms with Crippen LogP contribution in [0.15, 0.2) is 39.5 Å². The molecule has 2 N–H and O–H groups in total. The maximum Gasteiger partial charge on any atom is 0.419 e. The minimum absolute atomic E-state index is 0.0487. The smallest absolute Gasteiger partial charge is 0.419 e. The number of aromatic amines is 1. The van der Waals surface area contributed by atoms with E-state index >= 15 is 0 Å². The van der Waals surface area contributed by atoms with Crippen LogP contribution < -0.4 is 15.2 Å². The van der Waals surface area contributed by atoms with Gasteiger partial charge in [0.1, 0.15) is 11.5 Å². The van der Waals surface area contributed by atoms with E-state index in [4.69, 9.17) is 13.9 Å². The van der Waals surface area contributed by atoms with E-state index < -0.39 is 5.76 Å². The Morgan fingerprint density at radius 2 is 1.95 bits per heavy atom. The maximum absolute atomic E-state index is 11.3. The fraction of sp³-hybridized carbons (Fsp3) is 0.133. The van der Waals surface area contributed by atoms with Crippen LogP contribution in [0.2, 0.25) is 0 Å². The number of aromatic hydroxyl groups is 1. The Hall–Kier alpha value is -2.89. The number of hydrogen-bond acceptors (Lipinski definition) is 5. The summed E-state index contributed by atoms with van der Waals surface area (Å²) in [7, 11) is 3.10. The second-order valence-corrected chi connectivity index (χ2v) is 4.42. The topological polar surface area (TPSA) is 84.7 Å². The summed E-state index contributed by atoms with van der Waals surface area (Å²) in [6.45, 7) is 0. The van der Waals surface area contributed by atoms with Gasteiger partial charge in [-0.15, -0.1) is 0 Å². The molecule has 0 spiro atoms. The van der Waals surface area contributed by atoms with Gasteiger partial charge in [-0.05, 0) is 35.0 Å². The molecule has 0 aliphatic heterocycles. The first-order valence-electron chi connectivity index (χ1n) is 6.21. The van der Waals surface area contributed by atoms with Gasteiger partial charge in [0.15, 0.2) is 0 Å². The minimum atomic E-state index is -0.727. The van der Waals surface area contributed by atoms with Crippen molar-refractivity contribution in [3.63, 3.8) is 0 Å². The van der Waals surface area contributed by atoms with Crippen LogP contribution >= 0.6 is 0 Å². The van der Waals surface area contributed by atoms with Gasteiger partial charge in [-0.1, -0.05) is 6.07 Å². The van der Waals surface area contributed by atoms with Crippen LogP contribution in [0.1, 0.15) is 0 Å². The van der Waals surface area contributed by atoms with E-state index in [1.165, 1.54) is 7.11 Å². The van der Waals surface area contributed by atoms with Gasteiger partial charge < -0.3 is 19.0 Å². The van der Waals surface area contributed by atoms with Crippen molar-refractivity contribution >= 4 is 10.8 Å². The van der Waals surface area contributed by atoms with Crippen molar-refractivity contribution in [2.45, 2.75) is 0 Å². The fourth-order valence-electron chi connectivity index (χ4n) is 2.31. The monoisotopic (exact) mass is 287 g/mol. The van der Waals surface area contributed by atoms with E-state index in [9.17, 15) is 9.90 Å². The Bertz CT molecular complexity index is 862. The van der Waals surface area contributed by atoms with Gasteiger partial charge in [-0.3, -0.25) is 4.98 Å². The largest absolute Gasteiger partial charge is 0.497 e. The predicted octanol–water partition coefficient (Wildman–Crippen LogP) is 2.51. The van der Waals surface area contributed by atoms with Crippen molar-refractivity contribution in [3.8, 4) is 28.7 Å². The number of nitrogens with one attached hydrogen (secondary N) is 1. The number of ether oxygens (including phenoxy) is 2. The highest BCUT2D eigenvalue weighted by atomic mass is 16.5. The summed E-state index contributed by atoms with van der Waals surface area (Å²) >= 11 is 0. The first kappa shape index (κ1) is 13.1. The Kier molecular flexibility index (Phi) is 3.06. The van der Waals surface area contributed by atoms with Crippen molar-refractivity contribution < 1.29 is 19.0 Å². The van der Waals surface area contributed by atoms with Crippen LogP contribution in [0.25, 0.3) is 22.1 Å². The highest BCUT2D eigenvalue weighted by molar-refractivity contribution is 6.00. The van der Waals surface area contributed by atoms with Crippen LogP contribution in [-0.4, -0.2) is 24.3 Å². The molecule has 0 amide bonds. The van der Waals surface area contributed by atoms with Crippen molar-refractivity contribution in [1.82, 2.24) is 4.98 Å². The van der Waals surface area contributed by atoms with E-state index in [-0.39, 0.29) is 11.6 Å². The van der Waals surface area contributed by atoms with Crippen molar-refractivity contribution in [2.75, 3.05) is 14.2 Å². The zero-order valence-corrected chi connectivity index (χ0v) is 11.5. The van der Waals surface area contributed by atoms with Crippen LogP contribution in [-0.2, 0) is 0 Å². The highest BCUT2D eigenvalue weighted by Gasteiger charge is 2.19. The van der Waals surface area contributed by atoms with E-state index in [0.29, 0.717) is 17.1 Å². The molecule has 0 aliphatic carbocycles. The number of H-pyrrole nitrogens is 1. The van der Waals surface area contributed by atoms with Gasteiger partial charge in [-0.25, -0.2) is 4.79 Å². The highest BCUT2D eigenvalue weighted by Crippen LogP contribution is 2.40. The van der Waals surface area contributed by atoms with Crippen LogP contribution in [0, 0.1) is 0 Å². The second kappa shape index (κ2) is 4.90. The average Bonchev–Trinajstić information content (AvgIpc) is 2.83. The van der Waals surface area contributed by atoms with Gasteiger partial charge in [0.2, 0.25) is 11.6 Å². The molecule has 0 aliphatic rings. The SMILES string of the molecule is COc1ccc2c(-c3oc(=O)[nH]c3O)c(OC)ccc2c1. The molecule has 0 fully saturated rings. The number of methoxy groups -OCH3 is 2. The number of aromatic nitrogens is 1. The summed E-state index contributed by atoms with van der Waals surface area (Å²) in [4.78, 5) is 13.5. The maximum atomic E-state index is 11.3. The van der Waals surface area contributed by atoms with Gasteiger partial charge in [-0.2, -0.15) is 0 Å². The molecule has 6 heteroatoms. The molecule has 3 aromatic rings. The lowest BCUT2D eigenvalue weighted by Gasteiger charge is -2.11. The van der Waals surface area contributed by atoms with E-state index in [2.05, 4.69) is 4.98 Å². The Morgan fingerprint density at radius 3 is 2.57 bits per heavy atom. The van der Waals surface area contributed by atoms with Crippen molar-refractivity contribution in [1.29, 1.82) is 0 Å². The summed E-state index contributed by atoms with van der Waals surface area (Å²) in [6, 6.07) is 9.05. The van der Waals surface area contributed by atoms with Crippen LogP contribution in [0.4, 0.5) is 0 Å². The van der Waals surface area contributed by atoms with E-state index in [1.807, 2.05) is 18.2 Å². The molecule has 2 aromatic carbocycles. The van der Waals surface area contributed by atoms with E-state index in [0.717, 1.165) is 10.8 Å². The molecule has 0 unspecified atom stereocenters. The zero-order chi connectivity index (χ0) is 15.0. The molecular weight excluding hydrogens is 274 g/mol. The Labute approximate surface area is 119 Å². The van der Waals surface area contributed by atoms with Crippen LogP contribution in [0.5, 0.6) is 17.4 Å². The normalized spacial score (nSPS) is 10.8. The van der Waals surface area contributed by atoms with Crippen molar-refractivity contribution in [3.05, 3.63) is 40.9 Å². The minimum Gasteiger partial charge on any atom is -0.497 e. The van der Waals surface area contributed by atoms with Crippen LogP contribution in [0.3, 0.4) is 0 Å². The summed E-state index contributed by atoms with van der Waals surface area (Å²) in [5.74, 6) is 0.188. The quantitative estimate of drug-likeness (QED) is 0.773. The Balaban J connectivity index is 2.37. The van der Waals surface area contributed by atoms with E-state index in [1.54, 1.807) is 19.2 Å². The summed E-state index contributed by atoms with van der Waals surface area (Å²) in [5.41, 5.74) is 0.508. The molecule has 3 rings (SSSR count). The number of benzene rings is 2. The molecule has 1 aromatic heterocycles. The predicted molar refractivity (Wildman–Crippen MR) is 77.0 cm³/mol. The summed E-state index contributed by atoms with van der Waals surface area (Å²) in [6.07, 6.45) is 0. The number of fused-ring (bicyclic) bond motifs is 1. The molecule has 6 nitrogen and oxygen atoms in total. The first-order valence-corrected chi connectivity index (χ1v) is 6.21. The average molecular weight is 287 g/mol. The summed E-state index contributed by atoms with van der Waals surface area (Å²) < 4.78 is 15.5. The zero-order valence-electron chi connectivity index (χ0n) is 11.5. The number of hydrogen-bond donors (Lipinski definition) is 2. The third-order valence-corrected chi connectivity index (χ3v) is 3.27. The number of oxazole rings is 1. The first-order chi connectivity index (χ1) is 10.1. The Morgan fingerprint density at radius 1 is 1.14 bits per heavy atom. The molecule has 1 heterocycles. The third-order valence-electron chi connectivity index (χ3n) is 3.27. The molecule has 0 atom stereocenters. The lowest BCUT2D eigenvalue weighted by Crippen LogP contribution is -1.93. The third kappa shape index (κ3) is 2.10. The van der Waals surface area contributed by atoms with Gasteiger partial charge >= 0.3 is 5.76 Å². The second-order valence-electron chi connectivity index (χ2n) is 4.42. The molecule has 108 valence electrons. The fourth-order valence-corrected chi connectivity index (χ4v) is 2.31.